The number of rotatable bonds is 5. The number of nitrogens with zero attached hydrogens (tertiary/aromatic N) is 3. The van der Waals surface area contributed by atoms with Gasteiger partial charge in [0.1, 0.15) is 5.82 Å². The highest BCUT2D eigenvalue weighted by Gasteiger charge is 2.25. The van der Waals surface area contributed by atoms with E-state index >= 15 is 0 Å². The number of amides is 2. The van der Waals surface area contributed by atoms with Crippen LogP contribution in [-0.2, 0) is 11.3 Å². The molecule has 2 heterocycles. The number of nitrogens with one attached hydrogen (secondary N) is 1. The first-order valence-corrected chi connectivity index (χ1v) is 9.12. The fourth-order valence-corrected chi connectivity index (χ4v) is 2.90. The Morgan fingerprint density at radius 2 is 1.74 bits per heavy atom. The van der Waals surface area contributed by atoms with Crippen LogP contribution in [0, 0.1) is 0 Å². The van der Waals surface area contributed by atoms with Crippen molar-refractivity contribution < 1.29 is 14.3 Å². The number of benzene rings is 1. The van der Waals surface area contributed by atoms with Crippen LogP contribution in [0.2, 0.25) is 0 Å². The molecule has 0 unspecified atom stereocenters. The van der Waals surface area contributed by atoms with Gasteiger partial charge in [0, 0.05) is 38.9 Å². The topological polar surface area (TPSA) is 74.8 Å². The highest BCUT2D eigenvalue weighted by Crippen LogP contribution is 2.12. The summed E-state index contributed by atoms with van der Waals surface area (Å²) in [5, 5.41) is 3.24. The maximum absolute atomic E-state index is 12.6. The molecule has 1 aromatic heterocycles. The lowest BCUT2D eigenvalue weighted by Crippen LogP contribution is -2.50. The summed E-state index contributed by atoms with van der Waals surface area (Å²) in [5.41, 5.74) is 1.71. The van der Waals surface area contributed by atoms with Crippen LogP contribution >= 0.6 is 0 Å². The van der Waals surface area contributed by atoms with Gasteiger partial charge >= 0.3 is 6.09 Å². The molecule has 1 aromatic carbocycles. The second kappa shape index (κ2) is 9.02. The van der Waals surface area contributed by atoms with Gasteiger partial charge in [-0.2, -0.15) is 0 Å². The molecule has 142 valence electrons. The summed E-state index contributed by atoms with van der Waals surface area (Å²) in [7, 11) is 0. The van der Waals surface area contributed by atoms with E-state index < -0.39 is 0 Å². The molecular weight excluding hydrogens is 344 g/mol. The number of anilines is 1. The fraction of sp³-hybridized carbons (Fsp3) is 0.350. The van der Waals surface area contributed by atoms with Crippen molar-refractivity contribution in [2.24, 2.45) is 0 Å². The third-order valence-corrected chi connectivity index (χ3v) is 4.42. The summed E-state index contributed by atoms with van der Waals surface area (Å²) in [6.07, 6.45) is 1.27. The van der Waals surface area contributed by atoms with Gasteiger partial charge < -0.3 is 19.9 Å². The van der Waals surface area contributed by atoms with Crippen molar-refractivity contribution in [3.63, 3.8) is 0 Å². The lowest BCUT2D eigenvalue weighted by molar-refractivity contribution is 0.0570. The van der Waals surface area contributed by atoms with E-state index in [2.05, 4.69) is 10.3 Å². The number of pyridine rings is 1. The normalized spacial score (nSPS) is 14.0. The summed E-state index contributed by atoms with van der Waals surface area (Å²) in [4.78, 5) is 32.1. The number of ether oxygens (including phenoxy) is 1. The number of carbonyl (C=O) groups is 2. The Balaban J connectivity index is 1.51. The molecule has 1 saturated heterocycles. The predicted octanol–water partition coefficient (Wildman–Crippen LogP) is 2.61. The number of aromatic nitrogens is 1. The maximum atomic E-state index is 12.6. The van der Waals surface area contributed by atoms with Crippen molar-refractivity contribution in [2.45, 2.75) is 13.5 Å². The Bertz CT molecular complexity index is 757. The average Bonchev–Trinajstić information content (AvgIpc) is 2.73. The molecule has 0 aliphatic carbocycles. The number of piperazine rings is 1. The summed E-state index contributed by atoms with van der Waals surface area (Å²) in [5.74, 6) is 0.656. The van der Waals surface area contributed by atoms with Crippen molar-refractivity contribution >= 4 is 17.8 Å². The molecule has 2 aromatic rings. The second-order valence-electron chi connectivity index (χ2n) is 6.25. The number of hydrogen-bond acceptors (Lipinski definition) is 5. The third-order valence-electron chi connectivity index (χ3n) is 4.42. The van der Waals surface area contributed by atoms with Crippen LogP contribution < -0.4 is 5.32 Å². The van der Waals surface area contributed by atoms with E-state index in [1.54, 1.807) is 29.0 Å². The minimum absolute atomic E-state index is 0.0689. The Morgan fingerprint density at radius 3 is 2.37 bits per heavy atom. The summed E-state index contributed by atoms with van der Waals surface area (Å²) in [6.45, 7) is 4.76. The lowest BCUT2D eigenvalue weighted by atomic mass is 10.2. The zero-order valence-corrected chi connectivity index (χ0v) is 15.4. The summed E-state index contributed by atoms with van der Waals surface area (Å²) >= 11 is 0. The van der Waals surface area contributed by atoms with E-state index in [1.807, 2.05) is 36.4 Å². The summed E-state index contributed by atoms with van der Waals surface area (Å²) < 4.78 is 5.00. The zero-order valence-electron chi connectivity index (χ0n) is 15.4. The average molecular weight is 368 g/mol. The van der Waals surface area contributed by atoms with E-state index in [-0.39, 0.29) is 12.0 Å². The molecular formula is C20H24N4O3. The van der Waals surface area contributed by atoms with Crippen LogP contribution in [0.5, 0.6) is 0 Å². The van der Waals surface area contributed by atoms with Crippen molar-refractivity contribution in [3.8, 4) is 0 Å². The fourth-order valence-electron chi connectivity index (χ4n) is 2.90. The van der Waals surface area contributed by atoms with Crippen molar-refractivity contribution in [2.75, 3.05) is 38.1 Å². The predicted molar refractivity (Wildman–Crippen MR) is 103 cm³/mol. The molecule has 0 saturated carbocycles. The van der Waals surface area contributed by atoms with Crippen molar-refractivity contribution in [1.29, 1.82) is 0 Å². The van der Waals surface area contributed by atoms with Gasteiger partial charge in [0.25, 0.3) is 5.91 Å². The Kier molecular flexibility index (Phi) is 6.25. The molecule has 1 fully saturated rings. The minimum Gasteiger partial charge on any atom is -0.450 e. The minimum atomic E-state index is -0.319. The van der Waals surface area contributed by atoms with Gasteiger partial charge in [0.05, 0.1) is 12.2 Å². The van der Waals surface area contributed by atoms with Crippen LogP contribution in [0.25, 0.3) is 0 Å². The van der Waals surface area contributed by atoms with Gasteiger partial charge in [-0.1, -0.05) is 30.3 Å². The standard InChI is InChI=1S/C20H24N4O3/c1-2-27-20(26)24-12-10-23(11-13-24)19(25)17-8-9-18(22-15-17)21-14-16-6-4-3-5-7-16/h3-9,15H,2,10-14H2,1H3,(H,21,22). The number of carbonyl (C=O) groups excluding carboxylic acids is 2. The summed E-state index contributed by atoms with van der Waals surface area (Å²) in [6, 6.07) is 13.6. The largest absolute Gasteiger partial charge is 0.450 e. The third kappa shape index (κ3) is 4.97. The van der Waals surface area contributed by atoms with Gasteiger partial charge in [0.15, 0.2) is 0 Å². The quantitative estimate of drug-likeness (QED) is 0.878. The number of hydrogen-bond donors (Lipinski definition) is 1. The zero-order chi connectivity index (χ0) is 19.1. The van der Waals surface area contributed by atoms with E-state index in [1.165, 1.54) is 5.56 Å². The molecule has 3 rings (SSSR count). The second-order valence-corrected chi connectivity index (χ2v) is 6.25. The first-order chi connectivity index (χ1) is 13.2. The lowest BCUT2D eigenvalue weighted by Gasteiger charge is -2.34. The van der Waals surface area contributed by atoms with Gasteiger partial charge in [0.2, 0.25) is 0 Å². The van der Waals surface area contributed by atoms with Crippen LogP contribution in [0.4, 0.5) is 10.6 Å². The molecule has 1 aliphatic heterocycles. The monoisotopic (exact) mass is 368 g/mol. The van der Waals surface area contributed by atoms with Gasteiger partial charge in [-0.15, -0.1) is 0 Å². The molecule has 27 heavy (non-hydrogen) atoms. The molecule has 0 bridgehead atoms. The van der Waals surface area contributed by atoms with Crippen LogP contribution in [0.15, 0.2) is 48.7 Å². The first-order valence-electron chi connectivity index (χ1n) is 9.12. The molecule has 2 amide bonds. The molecule has 1 N–H and O–H groups in total. The highest BCUT2D eigenvalue weighted by molar-refractivity contribution is 5.94. The van der Waals surface area contributed by atoms with E-state index in [9.17, 15) is 9.59 Å². The maximum Gasteiger partial charge on any atom is 0.409 e. The van der Waals surface area contributed by atoms with Crippen molar-refractivity contribution in [3.05, 3.63) is 59.8 Å². The first kappa shape index (κ1) is 18.7. The van der Waals surface area contributed by atoms with E-state index in [4.69, 9.17) is 4.74 Å². The smallest absolute Gasteiger partial charge is 0.409 e. The molecule has 7 heteroatoms. The molecule has 1 aliphatic rings. The van der Waals surface area contributed by atoms with Crippen LogP contribution in [-0.4, -0.2) is 59.6 Å². The van der Waals surface area contributed by atoms with Gasteiger partial charge in [-0.3, -0.25) is 4.79 Å². The van der Waals surface area contributed by atoms with E-state index in [0.717, 1.165) is 5.82 Å². The van der Waals surface area contributed by atoms with E-state index in [0.29, 0.717) is 44.9 Å². The Labute approximate surface area is 158 Å². The van der Waals surface area contributed by atoms with Gasteiger partial charge in [-0.05, 0) is 24.6 Å². The van der Waals surface area contributed by atoms with Crippen LogP contribution in [0.3, 0.4) is 0 Å². The van der Waals surface area contributed by atoms with Gasteiger partial charge in [-0.25, -0.2) is 9.78 Å². The molecule has 0 radical (unpaired) electrons. The Morgan fingerprint density at radius 1 is 1.04 bits per heavy atom. The SMILES string of the molecule is CCOC(=O)N1CCN(C(=O)c2ccc(NCc3ccccc3)nc2)CC1. The Hall–Kier alpha value is -3.09. The molecule has 0 atom stereocenters. The molecule has 0 spiro atoms. The van der Waals surface area contributed by atoms with Crippen molar-refractivity contribution in [1.82, 2.24) is 14.8 Å². The van der Waals surface area contributed by atoms with Crippen LogP contribution in [0.1, 0.15) is 22.8 Å². The highest BCUT2D eigenvalue weighted by atomic mass is 16.6. The molecule has 7 nitrogen and oxygen atoms in total.